The number of hydrogen-bond donors (Lipinski definition) is 1. The van der Waals surface area contributed by atoms with E-state index in [1.165, 1.54) is 6.07 Å². The predicted molar refractivity (Wildman–Crippen MR) is 76.0 cm³/mol. The average Bonchev–Trinajstić information content (AvgIpc) is 2.36. The van der Waals surface area contributed by atoms with Crippen LogP contribution >= 0.6 is 22.6 Å². The van der Waals surface area contributed by atoms with Crippen molar-refractivity contribution in [1.82, 2.24) is 4.98 Å². The number of hydrogen-bond acceptors (Lipinski definition) is 2. The summed E-state index contributed by atoms with van der Waals surface area (Å²) in [4.78, 5) is 15.9. The van der Waals surface area contributed by atoms with Gasteiger partial charge < -0.3 is 5.32 Å². The lowest BCUT2D eigenvalue weighted by atomic mass is 10.2. The van der Waals surface area contributed by atoms with Crippen LogP contribution in [0.25, 0.3) is 0 Å². The van der Waals surface area contributed by atoms with Crippen molar-refractivity contribution in [2.75, 3.05) is 5.32 Å². The van der Waals surface area contributed by atoms with Gasteiger partial charge in [0.15, 0.2) is 0 Å². The van der Waals surface area contributed by atoms with Crippen LogP contribution in [0.3, 0.4) is 0 Å². The summed E-state index contributed by atoms with van der Waals surface area (Å²) in [6.07, 6.45) is 0. The molecule has 6 heteroatoms. The van der Waals surface area contributed by atoms with E-state index in [0.717, 1.165) is 12.1 Å². The number of aryl methyl sites for hydroxylation is 1. The average molecular weight is 374 g/mol. The molecule has 0 aliphatic carbocycles. The van der Waals surface area contributed by atoms with Crippen molar-refractivity contribution < 1.29 is 13.6 Å². The number of nitrogens with one attached hydrogen (secondary N) is 1. The van der Waals surface area contributed by atoms with E-state index in [4.69, 9.17) is 0 Å². The minimum atomic E-state index is -0.715. The van der Waals surface area contributed by atoms with Crippen LogP contribution in [0.4, 0.5) is 14.5 Å². The van der Waals surface area contributed by atoms with E-state index in [2.05, 4.69) is 10.3 Å². The van der Waals surface area contributed by atoms with Crippen LogP contribution < -0.4 is 5.32 Å². The standard InChI is InChI=1S/C13H9F2IN2O/c1-7-3-2-4-11(17-7)13(19)18-8-5-9(14)12(16)10(15)6-8/h2-6H,1H3,(H,18,19). The Hall–Kier alpha value is -1.57. The molecule has 0 fully saturated rings. The number of rotatable bonds is 2. The van der Waals surface area contributed by atoms with E-state index < -0.39 is 17.5 Å². The maximum absolute atomic E-state index is 13.3. The van der Waals surface area contributed by atoms with Crippen LogP contribution in [0.15, 0.2) is 30.3 Å². The van der Waals surface area contributed by atoms with E-state index in [1.54, 1.807) is 41.6 Å². The summed E-state index contributed by atoms with van der Waals surface area (Å²) < 4.78 is 26.6. The number of nitrogens with zero attached hydrogens (tertiary/aromatic N) is 1. The van der Waals surface area contributed by atoms with Gasteiger partial charge >= 0.3 is 0 Å². The van der Waals surface area contributed by atoms with Gasteiger partial charge in [-0.05, 0) is 53.8 Å². The van der Waals surface area contributed by atoms with Crippen molar-refractivity contribution in [3.8, 4) is 0 Å². The number of aromatic nitrogens is 1. The van der Waals surface area contributed by atoms with Gasteiger partial charge in [0.1, 0.15) is 17.3 Å². The third kappa shape index (κ3) is 3.25. The van der Waals surface area contributed by atoms with Crippen molar-refractivity contribution in [2.45, 2.75) is 6.92 Å². The molecule has 98 valence electrons. The molecule has 2 aromatic rings. The molecule has 3 nitrogen and oxygen atoms in total. The van der Waals surface area contributed by atoms with Gasteiger partial charge in [-0.25, -0.2) is 13.8 Å². The van der Waals surface area contributed by atoms with E-state index in [1.807, 2.05) is 0 Å². The summed E-state index contributed by atoms with van der Waals surface area (Å²) in [6.45, 7) is 1.75. The van der Waals surface area contributed by atoms with Crippen LogP contribution in [0, 0.1) is 22.1 Å². The van der Waals surface area contributed by atoms with Crippen LogP contribution in [0.2, 0.25) is 0 Å². The maximum atomic E-state index is 13.3. The quantitative estimate of drug-likeness (QED) is 0.646. The molecule has 0 saturated carbocycles. The number of carbonyl (C=O) groups is 1. The number of anilines is 1. The molecule has 1 aromatic heterocycles. The minimum Gasteiger partial charge on any atom is -0.320 e. The zero-order valence-electron chi connectivity index (χ0n) is 9.88. The van der Waals surface area contributed by atoms with Crippen LogP contribution in [0.5, 0.6) is 0 Å². The second-order valence-corrected chi connectivity index (χ2v) is 4.95. The lowest BCUT2D eigenvalue weighted by molar-refractivity contribution is 0.102. The summed E-state index contributed by atoms with van der Waals surface area (Å²) in [7, 11) is 0. The van der Waals surface area contributed by atoms with Crippen molar-refractivity contribution in [1.29, 1.82) is 0 Å². The Kier molecular flexibility index (Phi) is 4.08. The van der Waals surface area contributed by atoms with Crippen molar-refractivity contribution in [2.24, 2.45) is 0 Å². The Morgan fingerprint density at radius 2 is 1.89 bits per heavy atom. The number of amides is 1. The second kappa shape index (κ2) is 5.60. The van der Waals surface area contributed by atoms with Gasteiger partial charge in [0.05, 0.1) is 3.57 Å². The first-order chi connectivity index (χ1) is 8.97. The zero-order valence-corrected chi connectivity index (χ0v) is 12.0. The monoisotopic (exact) mass is 374 g/mol. The SMILES string of the molecule is Cc1cccc(C(=O)Nc2cc(F)c(I)c(F)c2)n1. The highest BCUT2D eigenvalue weighted by Gasteiger charge is 2.12. The van der Waals surface area contributed by atoms with E-state index in [0.29, 0.717) is 5.69 Å². The third-order valence-corrected chi connectivity index (χ3v) is 3.39. The normalized spacial score (nSPS) is 10.3. The summed E-state index contributed by atoms with van der Waals surface area (Å²) in [5.74, 6) is -1.94. The van der Waals surface area contributed by atoms with Crippen molar-refractivity contribution in [3.63, 3.8) is 0 Å². The first-order valence-corrected chi connectivity index (χ1v) is 6.45. The second-order valence-electron chi connectivity index (χ2n) is 3.87. The molecular weight excluding hydrogens is 365 g/mol. The Morgan fingerprint density at radius 3 is 2.47 bits per heavy atom. The van der Waals surface area contributed by atoms with E-state index >= 15 is 0 Å². The third-order valence-electron chi connectivity index (χ3n) is 2.36. The van der Waals surface area contributed by atoms with Gasteiger partial charge in [-0.1, -0.05) is 6.07 Å². The highest BCUT2D eigenvalue weighted by molar-refractivity contribution is 14.1. The van der Waals surface area contributed by atoms with Gasteiger partial charge in [0.2, 0.25) is 0 Å². The Balaban J connectivity index is 2.24. The van der Waals surface area contributed by atoms with E-state index in [9.17, 15) is 13.6 Å². The molecule has 0 bridgehead atoms. The summed E-state index contributed by atoms with van der Waals surface area (Å²) in [6, 6.07) is 7.10. The Bertz CT molecular complexity index is 623. The molecule has 0 unspecified atom stereocenters. The molecule has 1 amide bonds. The summed E-state index contributed by atoms with van der Waals surface area (Å²) >= 11 is 1.56. The number of carbonyl (C=O) groups excluding carboxylic acids is 1. The minimum absolute atomic E-state index is 0.0590. The summed E-state index contributed by atoms with van der Waals surface area (Å²) in [5.41, 5.74) is 0.940. The molecule has 1 aromatic carbocycles. The van der Waals surface area contributed by atoms with Crippen molar-refractivity contribution >= 4 is 34.2 Å². The van der Waals surface area contributed by atoms with Crippen LogP contribution in [0.1, 0.15) is 16.2 Å². The zero-order chi connectivity index (χ0) is 14.0. The summed E-state index contributed by atoms with van der Waals surface area (Å²) in [5, 5.41) is 2.41. The van der Waals surface area contributed by atoms with Crippen LogP contribution in [-0.2, 0) is 0 Å². The fourth-order valence-corrected chi connectivity index (χ4v) is 1.80. The predicted octanol–water partition coefficient (Wildman–Crippen LogP) is 3.53. The maximum Gasteiger partial charge on any atom is 0.274 e. The Morgan fingerprint density at radius 1 is 1.26 bits per heavy atom. The molecule has 1 N–H and O–H groups in total. The van der Waals surface area contributed by atoms with Crippen molar-refractivity contribution in [3.05, 3.63) is 56.9 Å². The molecule has 0 aliphatic heterocycles. The highest BCUT2D eigenvalue weighted by Crippen LogP contribution is 2.20. The fourth-order valence-electron chi connectivity index (χ4n) is 1.49. The smallest absolute Gasteiger partial charge is 0.274 e. The fraction of sp³-hybridized carbons (Fsp3) is 0.0769. The molecule has 19 heavy (non-hydrogen) atoms. The topological polar surface area (TPSA) is 42.0 Å². The lowest BCUT2D eigenvalue weighted by Gasteiger charge is -2.06. The lowest BCUT2D eigenvalue weighted by Crippen LogP contribution is -2.14. The van der Waals surface area contributed by atoms with Gasteiger partial charge in [0.25, 0.3) is 5.91 Å². The highest BCUT2D eigenvalue weighted by atomic mass is 127. The molecule has 0 atom stereocenters. The van der Waals surface area contributed by atoms with Gasteiger partial charge in [-0.3, -0.25) is 4.79 Å². The number of pyridine rings is 1. The largest absolute Gasteiger partial charge is 0.320 e. The number of benzene rings is 1. The number of halogens is 3. The first kappa shape index (κ1) is 13.9. The first-order valence-electron chi connectivity index (χ1n) is 5.37. The molecule has 0 radical (unpaired) electrons. The van der Waals surface area contributed by atoms with Crippen LogP contribution in [-0.4, -0.2) is 10.9 Å². The molecule has 0 aliphatic rings. The molecule has 0 spiro atoms. The molecule has 1 heterocycles. The Labute approximate surface area is 122 Å². The van der Waals surface area contributed by atoms with Gasteiger partial charge in [-0.15, -0.1) is 0 Å². The van der Waals surface area contributed by atoms with Gasteiger partial charge in [0, 0.05) is 11.4 Å². The molecule has 2 rings (SSSR count). The van der Waals surface area contributed by atoms with Gasteiger partial charge in [-0.2, -0.15) is 0 Å². The van der Waals surface area contributed by atoms with E-state index in [-0.39, 0.29) is 15.0 Å². The molecule has 0 saturated heterocycles. The molecular formula is C13H9F2IN2O.